The van der Waals surface area contributed by atoms with E-state index in [9.17, 15) is 4.79 Å². The number of unbranched alkanes of at least 4 members (excludes halogenated alkanes) is 1. The van der Waals surface area contributed by atoms with Gasteiger partial charge < -0.3 is 20.5 Å². The molecule has 0 aromatic heterocycles. The molecule has 100 valence electrons. The molecule has 1 rings (SSSR count). The number of anilines is 2. The second kappa shape index (κ2) is 7.55. The Kier molecular flexibility index (Phi) is 6.00. The van der Waals surface area contributed by atoms with E-state index in [0.717, 1.165) is 12.8 Å². The Morgan fingerprint density at radius 2 is 2.22 bits per heavy atom. The lowest BCUT2D eigenvalue weighted by molar-refractivity contribution is -0.120. The zero-order chi connectivity index (χ0) is 13.4. The number of hydrogen-bond acceptors (Lipinski definition) is 4. The number of amides is 1. The van der Waals surface area contributed by atoms with Crippen LogP contribution in [-0.2, 0) is 9.53 Å². The molecule has 1 aromatic carbocycles. The Hall–Kier alpha value is -1.75. The van der Waals surface area contributed by atoms with E-state index in [4.69, 9.17) is 15.2 Å². The molecule has 0 unspecified atom stereocenters. The molecule has 5 heteroatoms. The maximum absolute atomic E-state index is 11.6. The fraction of sp³-hybridized carbons (Fsp3) is 0.462. The standard InChI is InChI=1S/C13H20N2O3/c1-3-4-7-18-9-13(16)15-12-6-5-10(17-2)8-11(12)14/h5-6,8H,3-4,7,9,14H2,1-2H3,(H,15,16). The minimum absolute atomic E-state index is 0.0471. The van der Waals surface area contributed by atoms with Crippen LogP contribution in [-0.4, -0.2) is 26.2 Å². The minimum atomic E-state index is -0.206. The molecule has 0 heterocycles. The Morgan fingerprint density at radius 3 is 2.83 bits per heavy atom. The van der Waals surface area contributed by atoms with Crippen molar-refractivity contribution in [2.75, 3.05) is 31.4 Å². The van der Waals surface area contributed by atoms with Crippen molar-refractivity contribution < 1.29 is 14.3 Å². The van der Waals surface area contributed by atoms with Crippen LogP contribution in [0, 0.1) is 0 Å². The second-order valence-corrected chi connectivity index (χ2v) is 3.91. The summed E-state index contributed by atoms with van der Waals surface area (Å²) >= 11 is 0. The number of ether oxygens (including phenoxy) is 2. The SMILES string of the molecule is CCCCOCC(=O)Nc1ccc(OC)cc1N. The fourth-order valence-corrected chi connectivity index (χ4v) is 1.38. The highest BCUT2D eigenvalue weighted by Gasteiger charge is 2.06. The lowest BCUT2D eigenvalue weighted by Gasteiger charge is -2.09. The number of benzene rings is 1. The Balaban J connectivity index is 2.44. The lowest BCUT2D eigenvalue weighted by atomic mass is 10.2. The molecule has 0 aliphatic rings. The third-order valence-electron chi connectivity index (χ3n) is 2.41. The molecule has 1 aromatic rings. The summed E-state index contributed by atoms with van der Waals surface area (Å²) in [5, 5.41) is 2.69. The predicted octanol–water partition coefficient (Wildman–Crippen LogP) is 2.03. The predicted molar refractivity (Wildman–Crippen MR) is 71.8 cm³/mol. The summed E-state index contributed by atoms with van der Waals surface area (Å²) < 4.78 is 10.2. The second-order valence-electron chi connectivity index (χ2n) is 3.91. The summed E-state index contributed by atoms with van der Waals surface area (Å²) in [6, 6.07) is 5.11. The highest BCUT2D eigenvalue weighted by Crippen LogP contribution is 2.23. The van der Waals surface area contributed by atoms with Gasteiger partial charge in [0.15, 0.2) is 0 Å². The van der Waals surface area contributed by atoms with E-state index in [2.05, 4.69) is 12.2 Å². The topological polar surface area (TPSA) is 73.6 Å². The van der Waals surface area contributed by atoms with Crippen LogP contribution in [0.2, 0.25) is 0 Å². The van der Waals surface area contributed by atoms with Gasteiger partial charge in [-0.1, -0.05) is 13.3 Å². The van der Waals surface area contributed by atoms with Crippen molar-refractivity contribution in [3.63, 3.8) is 0 Å². The van der Waals surface area contributed by atoms with E-state index in [0.29, 0.717) is 23.7 Å². The molecule has 3 N–H and O–H groups in total. The number of hydrogen-bond donors (Lipinski definition) is 2. The van der Waals surface area contributed by atoms with Gasteiger partial charge >= 0.3 is 0 Å². The summed E-state index contributed by atoms with van der Waals surface area (Å²) in [5.74, 6) is 0.452. The summed E-state index contributed by atoms with van der Waals surface area (Å²) in [7, 11) is 1.56. The van der Waals surface area contributed by atoms with Crippen LogP contribution < -0.4 is 15.8 Å². The normalized spacial score (nSPS) is 10.1. The molecule has 0 radical (unpaired) electrons. The maximum Gasteiger partial charge on any atom is 0.250 e. The van der Waals surface area contributed by atoms with Gasteiger partial charge in [0.1, 0.15) is 12.4 Å². The number of carbonyl (C=O) groups excluding carboxylic acids is 1. The molecular weight excluding hydrogens is 232 g/mol. The van der Waals surface area contributed by atoms with E-state index in [-0.39, 0.29) is 12.5 Å². The first-order valence-corrected chi connectivity index (χ1v) is 5.98. The smallest absolute Gasteiger partial charge is 0.250 e. The molecule has 0 spiro atoms. The molecule has 0 aliphatic carbocycles. The molecule has 18 heavy (non-hydrogen) atoms. The fourth-order valence-electron chi connectivity index (χ4n) is 1.38. The van der Waals surface area contributed by atoms with Gasteiger partial charge in [0, 0.05) is 12.7 Å². The van der Waals surface area contributed by atoms with Gasteiger partial charge in [-0.25, -0.2) is 0 Å². The average Bonchev–Trinajstić information content (AvgIpc) is 2.37. The first kappa shape index (κ1) is 14.3. The Labute approximate surface area is 107 Å². The van der Waals surface area contributed by atoms with E-state index in [1.54, 1.807) is 25.3 Å². The molecule has 0 saturated heterocycles. The van der Waals surface area contributed by atoms with Gasteiger partial charge in [0.2, 0.25) is 5.91 Å². The van der Waals surface area contributed by atoms with Crippen molar-refractivity contribution >= 4 is 17.3 Å². The lowest BCUT2D eigenvalue weighted by Crippen LogP contribution is -2.19. The van der Waals surface area contributed by atoms with Gasteiger partial charge in [-0.2, -0.15) is 0 Å². The van der Waals surface area contributed by atoms with E-state index in [1.807, 2.05) is 0 Å². The first-order valence-electron chi connectivity index (χ1n) is 5.98. The zero-order valence-corrected chi connectivity index (χ0v) is 10.9. The van der Waals surface area contributed by atoms with Gasteiger partial charge in [0.05, 0.1) is 18.5 Å². The minimum Gasteiger partial charge on any atom is -0.497 e. The van der Waals surface area contributed by atoms with Gasteiger partial charge in [-0.15, -0.1) is 0 Å². The van der Waals surface area contributed by atoms with Gasteiger partial charge in [-0.05, 0) is 18.6 Å². The summed E-state index contributed by atoms with van der Waals surface area (Å²) in [6.07, 6.45) is 2.00. The third-order valence-corrected chi connectivity index (χ3v) is 2.41. The number of nitrogen functional groups attached to an aromatic ring is 1. The molecule has 0 bridgehead atoms. The van der Waals surface area contributed by atoms with Crippen molar-refractivity contribution in [2.45, 2.75) is 19.8 Å². The molecule has 1 amide bonds. The van der Waals surface area contributed by atoms with Crippen LogP contribution in [0.1, 0.15) is 19.8 Å². The van der Waals surface area contributed by atoms with Gasteiger partial charge in [-0.3, -0.25) is 4.79 Å². The zero-order valence-electron chi connectivity index (χ0n) is 10.9. The number of methoxy groups -OCH3 is 1. The highest BCUT2D eigenvalue weighted by atomic mass is 16.5. The summed E-state index contributed by atoms with van der Waals surface area (Å²) in [4.78, 5) is 11.6. The number of nitrogens with two attached hydrogens (primary N) is 1. The quantitative estimate of drug-likeness (QED) is 0.575. The first-order chi connectivity index (χ1) is 8.67. The molecule has 0 atom stereocenters. The molecule has 0 fully saturated rings. The van der Waals surface area contributed by atoms with Crippen LogP contribution >= 0.6 is 0 Å². The van der Waals surface area contributed by atoms with Crippen molar-refractivity contribution in [1.82, 2.24) is 0 Å². The van der Waals surface area contributed by atoms with Crippen LogP contribution in [0.15, 0.2) is 18.2 Å². The molecule has 0 saturated carbocycles. The van der Waals surface area contributed by atoms with Crippen molar-refractivity contribution in [3.8, 4) is 5.75 Å². The number of rotatable bonds is 7. The van der Waals surface area contributed by atoms with Crippen LogP contribution in [0.5, 0.6) is 5.75 Å². The third kappa shape index (κ3) is 4.63. The van der Waals surface area contributed by atoms with Crippen molar-refractivity contribution in [2.24, 2.45) is 0 Å². The molecule has 5 nitrogen and oxygen atoms in total. The van der Waals surface area contributed by atoms with Crippen LogP contribution in [0.3, 0.4) is 0 Å². The number of carbonyl (C=O) groups is 1. The van der Waals surface area contributed by atoms with Crippen molar-refractivity contribution in [3.05, 3.63) is 18.2 Å². The Morgan fingerprint density at radius 1 is 1.44 bits per heavy atom. The monoisotopic (exact) mass is 252 g/mol. The molecular formula is C13H20N2O3. The van der Waals surface area contributed by atoms with Gasteiger partial charge in [0.25, 0.3) is 0 Å². The summed E-state index contributed by atoms with van der Waals surface area (Å²) in [5.41, 5.74) is 6.82. The van der Waals surface area contributed by atoms with Crippen LogP contribution in [0.4, 0.5) is 11.4 Å². The average molecular weight is 252 g/mol. The van der Waals surface area contributed by atoms with E-state index < -0.39 is 0 Å². The Bertz CT molecular complexity index is 394. The highest BCUT2D eigenvalue weighted by molar-refractivity contribution is 5.94. The number of nitrogens with one attached hydrogen (secondary N) is 1. The maximum atomic E-state index is 11.6. The molecule has 0 aliphatic heterocycles. The summed E-state index contributed by atoms with van der Waals surface area (Å²) in [6.45, 7) is 2.72. The largest absolute Gasteiger partial charge is 0.497 e. The van der Waals surface area contributed by atoms with E-state index in [1.165, 1.54) is 0 Å². The van der Waals surface area contributed by atoms with E-state index >= 15 is 0 Å². The van der Waals surface area contributed by atoms with Crippen molar-refractivity contribution in [1.29, 1.82) is 0 Å². The van der Waals surface area contributed by atoms with Crippen LogP contribution in [0.25, 0.3) is 0 Å².